The molecule has 2 nitrogen and oxygen atoms in total. The molecular weight excluding hydrogens is 352 g/mol. The van der Waals surface area contributed by atoms with Crippen molar-refractivity contribution in [3.05, 3.63) is 0 Å². The van der Waals surface area contributed by atoms with E-state index in [4.69, 9.17) is 0 Å². The summed E-state index contributed by atoms with van der Waals surface area (Å²) in [7, 11) is 0. The summed E-state index contributed by atoms with van der Waals surface area (Å²) < 4.78 is 0. The molecule has 0 aromatic rings. The second-order valence-electron chi connectivity index (χ2n) is 11.4. The minimum absolute atomic E-state index is 0.711. The predicted molar refractivity (Wildman–Crippen MR) is 127 cm³/mol. The fraction of sp³-hybridized carbons (Fsp3) is 1.00. The Morgan fingerprint density at radius 3 is 2.21 bits per heavy atom. The zero-order chi connectivity index (χ0) is 21.0. The minimum atomic E-state index is 0.711. The van der Waals surface area contributed by atoms with E-state index in [1.165, 1.54) is 90.4 Å². The normalized spacial score (nSPS) is 35.7. The van der Waals surface area contributed by atoms with Gasteiger partial charge in [-0.05, 0) is 94.0 Å². The first kappa shape index (κ1) is 23.6. The van der Waals surface area contributed by atoms with E-state index >= 15 is 0 Å². The van der Waals surface area contributed by atoms with Crippen LogP contribution in [0.4, 0.5) is 0 Å². The molecule has 3 heterocycles. The van der Waals surface area contributed by atoms with E-state index in [0.717, 1.165) is 35.8 Å². The molecule has 3 saturated heterocycles. The number of nitrogens with zero attached hydrogens (tertiary/aromatic N) is 2. The van der Waals surface area contributed by atoms with Crippen LogP contribution in [-0.4, -0.2) is 48.1 Å². The lowest BCUT2D eigenvalue weighted by molar-refractivity contribution is -0.0200. The third kappa shape index (κ3) is 5.22. The van der Waals surface area contributed by atoms with Gasteiger partial charge in [0.05, 0.1) is 0 Å². The van der Waals surface area contributed by atoms with Gasteiger partial charge in [0.15, 0.2) is 0 Å². The molecule has 0 aromatic carbocycles. The Labute approximate surface area is 183 Å². The number of likely N-dealkylation sites (tertiary alicyclic amines) is 1. The van der Waals surface area contributed by atoms with Crippen LogP contribution in [0.5, 0.6) is 0 Å². The average Bonchev–Trinajstić information content (AvgIpc) is 3.21. The van der Waals surface area contributed by atoms with Crippen LogP contribution in [0.3, 0.4) is 0 Å². The SMILES string of the molecule is CCC1CC2CCC1CN2C(C)CC.CCN1CCC(C(C)C)C2(CCCC2)C1. The molecule has 2 aliphatic carbocycles. The van der Waals surface area contributed by atoms with Crippen molar-refractivity contribution < 1.29 is 0 Å². The van der Waals surface area contributed by atoms with Gasteiger partial charge in [-0.2, -0.15) is 0 Å². The second-order valence-corrected chi connectivity index (χ2v) is 11.4. The molecule has 2 heteroatoms. The van der Waals surface area contributed by atoms with Crippen molar-refractivity contribution in [2.45, 2.75) is 118 Å². The number of hydrogen-bond donors (Lipinski definition) is 0. The Hall–Kier alpha value is -0.0800. The van der Waals surface area contributed by atoms with E-state index in [0.29, 0.717) is 5.41 Å². The zero-order valence-electron chi connectivity index (χ0n) is 20.8. The van der Waals surface area contributed by atoms with E-state index in [1.807, 2.05) is 0 Å². The lowest BCUT2D eigenvalue weighted by atomic mass is 9.65. The molecular formula is C27H52N2. The van der Waals surface area contributed by atoms with Gasteiger partial charge in [-0.1, -0.05) is 53.9 Å². The quantitative estimate of drug-likeness (QED) is 0.495. The molecule has 2 bridgehead atoms. The largest absolute Gasteiger partial charge is 0.303 e. The van der Waals surface area contributed by atoms with E-state index < -0.39 is 0 Å². The average molecular weight is 405 g/mol. The van der Waals surface area contributed by atoms with Gasteiger partial charge in [0.1, 0.15) is 0 Å². The van der Waals surface area contributed by atoms with Crippen LogP contribution in [0.15, 0.2) is 0 Å². The highest BCUT2D eigenvalue weighted by atomic mass is 15.2. The smallest absolute Gasteiger partial charge is 0.0101 e. The molecule has 5 rings (SSSR count). The summed E-state index contributed by atoms with van der Waals surface area (Å²) >= 11 is 0. The zero-order valence-corrected chi connectivity index (χ0v) is 20.8. The molecule has 0 radical (unpaired) electrons. The molecule has 2 saturated carbocycles. The maximum Gasteiger partial charge on any atom is 0.0101 e. The summed E-state index contributed by atoms with van der Waals surface area (Å²) in [5.74, 6) is 3.97. The van der Waals surface area contributed by atoms with Gasteiger partial charge in [0.25, 0.3) is 0 Å². The number of piperidine rings is 3. The van der Waals surface area contributed by atoms with Gasteiger partial charge in [-0.15, -0.1) is 0 Å². The Morgan fingerprint density at radius 1 is 0.966 bits per heavy atom. The van der Waals surface area contributed by atoms with Crippen LogP contribution < -0.4 is 0 Å². The highest BCUT2D eigenvalue weighted by Gasteiger charge is 2.45. The van der Waals surface area contributed by atoms with Crippen LogP contribution in [0.25, 0.3) is 0 Å². The molecule has 5 aliphatic rings. The minimum Gasteiger partial charge on any atom is -0.303 e. The molecule has 0 aromatic heterocycles. The van der Waals surface area contributed by atoms with Crippen molar-refractivity contribution in [3.63, 3.8) is 0 Å². The molecule has 29 heavy (non-hydrogen) atoms. The molecule has 0 N–H and O–H groups in total. The molecule has 3 aliphatic heterocycles. The summed E-state index contributed by atoms with van der Waals surface area (Å²) in [4.78, 5) is 5.48. The van der Waals surface area contributed by atoms with Crippen molar-refractivity contribution in [2.24, 2.45) is 29.1 Å². The van der Waals surface area contributed by atoms with Gasteiger partial charge in [-0.25, -0.2) is 0 Å². The van der Waals surface area contributed by atoms with Gasteiger partial charge in [0.2, 0.25) is 0 Å². The van der Waals surface area contributed by atoms with E-state index in [-0.39, 0.29) is 0 Å². The maximum absolute atomic E-state index is 2.79. The topological polar surface area (TPSA) is 6.48 Å². The monoisotopic (exact) mass is 404 g/mol. The Kier molecular flexibility index (Phi) is 8.53. The lowest BCUT2D eigenvalue weighted by Crippen LogP contribution is -2.54. The van der Waals surface area contributed by atoms with Crippen LogP contribution in [0, 0.1) is 29.1 Å². The summed E-state index contributed by atoms with van der Waals surface area (Å²) in [5, 5.41) is 0. The predicted octanol–water partition coefficient (Wildman–Crippen LogP) is 6.84. The third-order valence-corrected chi connectivity index (χ3v) is 9.64. The van der Waals surface area contributed by atoms with Crippen LogP contribution in [0.1, 0.15) is 106 Å². The lowest BCUT2D eigenvalue weighted by Gasteiger charge is -2.51. The Bertz CT molecular complexity index is 481. The fourth-order valence-corrected chi connectivity index (χ4v) is 7.73. The fourth-order valence-electron chi connectivity index (χ4n) is 7.73. The molecule has 1 spiro atoms. The first-order valence-corrected chi connectivity index (χ1v) is 13.4. The van der Waals surface area contributed by atoms with E-state index in [9.17, 15) is 0 Å². The maximum atomic E-state index is 2.79. The molecule has 0 amide bonds. The summed E-state index contributed by atoms with van der Waals surface area (Å²) in [5.41, 5.74) is 0.711. The van der Waals surface area contributed by atoms with E-state index in [1.54, 1.807) is 0 Å². The van der Waals surface area contributed by atoms with Gasteiger partial charge in [-0.3, -0.25) is 4.90 Å². The van der Waals surface area contributed by atoms with Crippen molar-refractivity contribution in [2.75, 3.05) is 26.2 Å². The molecule has 5 atom stereocenters. The Morgan fingerprint density at radius 2 is 1.69 bits per heavy atom. The molecule has 5 fully saturated rings. The van der Waals surface area contributed by atoms with Crippen molar-refractivity contribution >= 4 is 0 Å². The molecule has 170 valence electrons. The van der Waals surface area contributed by atoms with Crippen LogP contribution in [-0.2, 0) is 0 Å². The molecule has 5 unspecified atom stereocenters. The van der Waals surface area contributed by atoms with Gasteiger partial charge >= 0.3 is 0 Å². The standard InChI is InChI=1S/C14H27N.C13H25N/c1-4-15-10-7-13(12(2)3)14(11-15)8-5-6-9-14;1-4-10(3)14-9-12-6-7-13(14)8-11(12)5-2/h12-13H,4-11H2,1-3H3;10-13H,4-9H2,1-3H3. The third-order valence-electron chi connectivity index (χ3n) is 9.64. The highest BCUT2D eigenvalue weighted by Crippen LogP contribution is 2.51. The first-order chi connectivity index (χ1) is 13.9. The van der Waals surface area contributed by atoms with Gasteiger partial charge < -0.3 is 4.90 Å². The summed E-state index contributed by atoms with van der Waals surface area (Å²) in [6, 6.07) is 1.75. The number of hydrogen-bond acceptors (Lipinski definition) is 2. The van der Waals surface area contributed by atoms with Crippen molar-refractivity contribution in [3.8, 4) is 0 Å². The van der Waals surface area contributed by atoms with Crippen molar-refractivity contribution in [1.82, 2.24) is 9.80 Å². The van der Waals surface area contributed by atoms with E-state index in [2.05, 4.69) is 51.3 Å². The second kappa shape index (κ2) is 10.5. The highest BCUT2D eigenvalue weighted by molar-refractivity contribution is 4.97. The Balaban J connectivity index is 0.000000166. The first-order valence-electron chi connectivity index (χ1n) is 13.4. The number of rotatable bonds is 5. The summed E-state index contributed by atoms with van der Waals surface area (Å²) in [6.07, 6.45) is 14.6. The van der Waals surface area contributed by atoms with Crippen LogP contribution >= 0.6 is 0 Å². The summed E-state index contributed by atoms with van der Waals surface area (Å²) in [6.45, 7) is 19.7. The van der Waals surface area contributed by atoms with Gasteiger partial charge in [0, 0.05) is 25.2 Å². The number of fused-ring (bicyclic) bond motifs is 3. The van der Waals surface area contributed by atoms with Crippen LogP contribution in [0.2, 0.25) is 0 Å². The van der Waals surface area contributed by atoms with Crippen molar-refractivity contribution in [1.29, 1.82) is 0 Å².